The molecule has 0 saturated carbocycles. The van der Waals surface area contributed by atoms with Crippen LogP contribution in [0.4, 0.5) is 10.1 Å². The second kappa shape index (κ2) is 8.95. The lowest BCUT2D eigenvalue weighted by molar-refractivity contribution is -0.112. The third-order valence-electron chi connectivity index (χ3n) is 4.87. The minimum Gasteiger partial charge on any atom is -0.462 e. The minimum atomic E-state index is -0.920. The van der Waals surface area contributed by atoms with E-state index in [0.717, 1.165) is 11.1 Å². The van der Waals surface area contributed by atoms with Gasteiger partial charge >= 0.3 is 5.97 Å². The van der Waals surface area contributed by atoms with Crippen molar-refractivity contribution < 1.29 is 23.5 Å². The first-order valence-corrected chi connectivity index (χ1v) is 9.82. The van der Waals surface area contributed by atoms with Crippen LogP contribution in [0, 0.1) is 26.6 Å². The zero-order chi connectivity index (χ0) is 22.7. The van der Waals surface area contributed by atoms with E-state index >= 15 is 0 Å². The lowest BCUT2D eigenvalue weighted by Gasteiger charge is -2.10. The number of amides is 1. The summed E-state index contributed by atoms with van der Waals surface area (Å²) in [6.07, 6.45) is 0. The molecule has 1 heterocycles. The van der Waals surface area contributed by atoms with Crippen molar-refractivity contribution in [1.82, 2.24) is 4.98 Å². The highest BCUT2D eigenvalue weighted by molar-refractivity contribution is 6.47. The number of anilines is 1. The summed E-state index contributed by atoms with van der Waals surface area (Å²) in [6, 6.07) is 11.1. The summed E-state index contributed by atoms with van der Waals surface area (Å²) in [7, 11) is 0. The molecule has 2 N–H and O–H groups in total. The van der Waals surface area contributed by atoms with Gasteiger partial charge < -0.3 is 15.0 Å². The van der Waals surface area contributed by atoms with Crippen molar-refractivity contribution in [3.8, 4) is 11.1 Å². The van der Waals surface area contributed by atoms with Gasteiger partial charge in [-0.1, -0.05) is 35.9 Å². The highest BCUT2D eigenvalue weighted by atomic mass is 19.1. The fourth-order valence-electron chi connectivity index (χ4n) is 3.43. The Kier molecular flexibility index (Phi) is 6.34. The molecule has 1 aromatic heterocycles. The standard InChI is InChI=1S/C24H23FN2O4/c1-5-31-24(30)19-15(4)26-21(20(19)16-8-6-7-9-17(16)25)22(28)23(29)27-18-11-10-13(2)12-14(18)3/h6-12,26H,5H2,1-4H3,(H,27,29). The zero-order valence-corrected chi connectivity index (χ0v) is 17.8. The molecular weight excluding hydrogens is 399 g/mol. The number of H-pyrrole nitrogens is 1. The maximum atomic E-state index is 14.6. The van der Waals surface area contributed by atoms with Gasteiger partial charge in [-0.05, 0) is 45.4 Å². The zero-order valence-electron chi connectivity index (χ0n) is 17.8. The van der Waals surface area contributed by atoms with E-state index in [1.807, 2.05) is 26.0 Å². The highest BCUT2D eigenvalue weighted by Gasteiger charge is 2.31. The number of nitrogens with one attached hydrogen (secondary N) is 2. The second-order valence-electron chi connectivity index (χ2n) is 7.18. The molecule has 3 rings (SSSR count). The lowest BCUT2D eigenvalue weighted by atomic mass is 9.97. The van der Waals surface area contributed by atoms with E-state index in [1.165, 1.54) is 18.2 Å². The Bertz CT molecular complexity index is 1180. The van der Waals surface area contributed by atoms with Crippen molar-refractivity contribution in [2.45, 2.75) is 27.7 Å². The molecule has 0 unspecified atom stereocenters. The van der Waals surface area contributed by atoms with E-state index in [4.69, 9.17) is 4.74 Å². The summed E-state index contributed by atoms with van der Waals surface area (Å²) in [6.45, 7) is 7.05. The van der Waals surface area contributed by atoms with Gasteiger partial charge in [0, 0.05) is 22.5 Å². The van der Waals surface area contributed by atoms with Crippen LogP contribution in [0.2, 0.25) is 0 Å². The maximum absolute atomic E-state index is 14.6. The van der Waals surface area contributed by atoms with E-state index < -0.39 is 23.5 Å². The first-order chi connectivity index (χ1) is 14.7. The fourth-order valence-corrected chi connectivity index (χ4v) is 3.43. The number of halogens is 1. The minimum absolute atomic E-state index is 0.00910. The van der Waals surface area contributed by atoms with Gasteiger partial charge in [0.15, 0.2) is 0 Å². The van der Waals surface area contributed by atoms with Crippen molar-refractivity contribution in [3.05, 3.63) is 76.4 Å². The summed E-state index contributed by atoms with van der Waals surface area (Å²) < 4.78 is 19.7. The Morgan fingerprint density at radius 1 is 1.06 bits per heavy atom. The molecule has 0 fully saturated rings. The molecule has 160 valence electrons. The van der Waals surface area contributed by atoms with Crippen LogP contribution in [0.5, 0.6) is 0 Å². The molecule has 6 nitrogen and oxygen atoms in total. The largest absolute Gasteiger partial charge is 0.462 e. The Morgan fingerprint density at radius 2 is 1.77 bits per heavy atom. The molecule has 0 radical (unpaired) electrons. The highest BCUT2D eigenvalue weighted by Crippen LogP contribution is 2.33. The molecule has 7 heteroatoms. The number of benzene rings is 2. The number of carbonyl (C=O) groups excluding carboxylic acids is 3. The normalized spacial score (nSPS) is 10.6. The van der Waals surface area contributed by atoms with Crippen LogP contribution in [0.3, 0.4) is 0 Å². The van der Waals surface area contributed by atoms with Gasteiger partial charge in [-0.25, -0.2) is 9.18 Å². The third kappa shape index (κ3) is 4.40. The quantitative estimate of drug-likeness (QED) is 0.341. The predicted molar refractivity (Wildman–Crippen MR) is 116 cm³/mol. The molecule has 3 aromatic rings. The van der Waals surface area contributed by atoms with Gasteiger partial charge in [-0.3, -0.25) is 9.59 Å². The molecule has 0 aliphatic carbocycles. The van der Waals surface area contributed by atoms with Crippen LogP contribution >= 0.6 is 0 Å². The summed E-state index contributed by atoms with van der Waals surface area (Å²) in [5, 5.41) is 2.59. The van der Waals surface area contributed by atoms with Gasteiger partial charge in [0.1, 0.15) is 11.5 Å². The summed E-state index contributed by atoms with van der Waals surface area (Å²) >= 11 is 0. The van der Waals surface area contributed by atoms with Crippen LogP contribution in [0.25, 0.3) is 11.1 Å². The van der Waals surface area contributed by atoms with Gasteiger partial charge in [-0.15, -0.1) is 0 Å². The number of rotatable bonds is 6. The van der Waals surface area contributed by atoms with Crippen LogP contribution in [-0.4, -0.2) is 29.3 Å². The Balaban J connectivity index is 2.08. The number of ether oxygens (including phenoxy) is 1. The molecule has 0 spiro atoms. The molecule has 0 bridgehead atoms. The molecule has 0 aliphatic heterocycles. The Labute approximate surface area is 179 Å². The molecule has 1 amide bonds. The smallest absolute Gasteiger partial charge is 0.340 e. The Morgan fingerprint density at radius 3 is 2.42 bits per heavy atom. The maximum Gasteiger partial charge on any atom is 0.340 e. The predicted octanol–water partition coefficient (Wildman–Crippen LogP) is 4.74. The van der Waals surface area contributed by atoms with Crippen LogP contribution in [0.15, 0.2) is 42.5 Å². The van der Waals surface area contributed by atoms with E-state index in [9.17, 15) is 18.8 Å². The number of carbonyl (C=O) groups is 3. The third-order valence-corrected chi connectivity index (χ3v) is 4.87. The SMILES string of the molecule is CCOC(=O)c1c(C)[nH]c(C(=O)C(=O)Nc2ccc(C)cc2C)c1-c1ccccc1F. The lowest BCUT2D eigenvalue weighted by Crippen LogP contribution is -2.24. The van der Waals surface area contributed by atoms with Gasteiger partial charge in [0.05, 0.1) is 12.2 Å². The summed E-state index contributed by atoms with van der Waals surface area (Å²) in [4.78, 5) is 41.2. The number of Topliss-reactive ketones (excluding diaryl/α,β-unsaturated/α-hetero) is 1. The van der Waals surface area contributed by atoms with Crippen molar-refractivity contribution >= 4 is 23.3 Å². The number of esters is 1. The van der Waals surface area contributed by atoms with E-state index in [-0.39, 0.29) is 29.0 Å². The first kappa shape index (κ1) is 22.0. The van der Waals surface area contributed by atoms with Crippen molar-refractivity contribution in [1.29, 1.82) is 0 Å². The van der Waals surface area contributed by atoms with Gasteiger partial charge in [-0.2, -0.15) is 0 Å². The van der Waals surface area contributed by atoms with Crippen molar-refractivity contribution in [2.24, 2.45) is 0 Å². The average Bonchev–Trinajstić information content (AvgIpc) is 3.07. The number of aromatic nitrogens is 1. The molecule has 0 aliphatic rings. The fraction of sp³-hybridized carbons (Fsp3) is 0.208. The number of aryl methyl sites for hydroxylation is 3. The number of hydrogen-bond donors (Lipinski definition) is 2. The molecule has 0 saturated heterocycles. The topological polar surface area (TPSA) is 88.3 Å². The van der Waals surface area contributed by atoms with Crippen molar-refractivity contribution in [3.63, 3.8) is 0 Å². The van der Waals surface area contributed by atoms with E-state index in [1.54, 1.807) is 26.0 Å². The number of ketones is 1. The first-order valence-electron chi connectivity index (χ1n) is 9.82. The van der Waals surface area contributed by atoms with Crippen LogP contribution in [0.1, 0.15) is 44.6 Å². The summed E-state index contributed by atoms with van der Waals surface area (Å²) in [5.74, 6) is -3.16. The van der Waals surface area contributed by atoms with E-state index in [2.05, 4.69) is 10.3 Å². The average molecular weight is 422 g/mol. The molecule has 31 heavy (non-hydrogen) atoms. The van der Waals surface area contributed by atoms with Gasteiger partial charge in [0.2, 0.25) is 0 Å². The van der Waals surface area contributed by atoms with E-state index in [0.29, 0.717) is 11.4 Å². The van der Waals surface area contributed by atoms with Crippen LogP contribution < -0.4 is 5.32 Å². The molecule has 2 aromatic carbocycles. The second-order valence-corrected chi connectivity index (χ2v) is 7.18. The van der Waals surface area contributed by atoms with Crippen LogP contribution in [-0.2, 0) is 9.53 Å². The number of aromatic amines is 1. The Hall–Kier alpha value is -3.74. The molecule has 0 atom stereocenters. The number of hydrogen-bond acceptors (Lipinski definition) is 4. The van der Waals surface area contributed by atoms with Gasteiger partial charge in [0.25, 0.3) is 11.7 Å². The summed E-state index contributed by atoms with van der Waals surface area (Å²) in [5.41, 5.74) is 2.49. The van der Waals surface area contributed by atoms with Crippen molar-refractivity contribution in [2.75, 3.05) is 11.9 Å². The monoisotopic (exact) mass is 422 g/mol. The molecular formula is C24H23FN2O4.